The van der Waals surface area contributed by atoms with E-state index in [-0.39, 0.29) is 5.92 Å². The van der Waals surface area contributed by atoms with Crippen molar-refractivity contribution in [3.05, 3.63) is 59.7 Å². The van der Waals surface area contributed by atoms with Crippen LogP contribution in [0.1, 0.15) is 30.9 Å². The smallest absolute Gasteiger partial charge is 0.0852 e. The number of aliphatic hydroxyl groups is 1. The largest absolute Gasteiger partial charge is 0.393 e. The van der Waals surface area contributed by atoms with Crippen LogP contribution in [-0.4, -0.2) is 15.4 Å². The summed E-state index contributed by atoms with van der Waals surface area (Å²) in [7, 11) is -1.21. The Kier molecular flexibility index (Phi) is 4.73. The molecule has 20 heavy (non-hydrogen) atoms. The molecule has 3 atom stereocenters. The van der Waals surface area contributed by atoms with Crippen LogP contribution in [-0.2, 0) is 10.8 Å². The Labute approximate surface area is 122 Å². The third-order valence-corrected chi connectivity index (χ3v) is 5.04. The van der Waals surface area contributed by atoms with Crippen molar-refractivity contribution in [3.8, 4) is 0 Å². The normalized spacial score (nSPS) is 15.6. The Bertz CT molecular complexity index is 603. The van der Waals surface area contributed by atoms with Gasteiger partial charge in [0.05, 0.1) is 16.9 Å². The predicted octanol–water partition coefficient (Wildman–Crippen LogP) is 3.65. The van der Waals surface area contributed by atoms with Gasteiger partial charge in [0.2, 0.25) is 0 Å². The topological polar surface area (TPSA) is 37.3 Å². The van der Waals surface area contributed by atoms with Gasteiger partial charge in [0.1, 0.15) is 0 Å². The molecule has 106 valence electrons. The molecule has 0 radical (unpaired) electrons. The molecular weight excluding hydrogens is 268 g/mol. The van der Waals surface area contributed by atoms with Gasteiger partial charge in [-0.15, -0.1) is 0 Å². The van der Waals surface area contributed by atoms with E-state index in [2.05, 4.69) is 0 Å². The molecule has 0 aromatic heterocycles. The maximum atomic E-state index is 12.7. The monoisotopic (exact) mass is 288 g/mol. The predicted molar refractivity (Wildman–Crippen MR) is 82.4 cm³/mol. The summed E-state index contributed by atoms with van der Waals surface area (Å²) in [5.41, 5.74) is 2.10. The first-order chi connectivity index (χ1) is 9.50. The van der Waals surface area contributed by atoms with E-state index in [1.165, 1.54) is 0 Å². The first kappa shape index (κ1) is 14.9. The first-order valence-corrected chi connectivity index (χ1v) is 7.91. The van der Waals surface area contributed by atoms with Gasteiger partial charge in [0.25, 0.3) is 0 Å². The fourth-order valence-electron chi connectivity index (χ4n) is 2.07. The second kappa shape index (κ2) is 6.33. The summed E-state index contributed by atoms with van der Waals surface area (Å²) in [6, 6.07) is 15.4. The van der Waals surface area contributed by atoms with Crippen molar-refractivity contribution in [2.45, 2.75) is 42.6 Å². The van der Waals surface area contributed by atoms with Crippen LogP contribution in [0.2, 0.25) is 0 Å². The molecule has 3 heteroatoms. The summed E-state index contributed by atoms with van der Waals surface area (Å²) >= 11 is 0. The highest BCUT2D eigenvalue weighted by atomic mass is 32.2. The maximum absolute atomic E-state index is 12.7. The van der Waals surface area contributed by atoms with E-state index in [9.17, 15) is 9.32 Å². The molecule has 1 N–H and O–H groups in total. The van der Waals surface area contributed by atoms with E-state index in [4.69, 9.17) is 0 Å². The molecule has 0 unspecified atom stereocenters. The van der Waals surface area contributed by atoms with Crippen molar-refractivity contribution in [1.29, 1.82) is 0 Å². The van der Waals surface area contributed by atoms with E-state index in [1.807, 2.05) is 62.4 Å². The van der Waals surface area contributed by atoms with Crippen LogP contribution in [0.15, 0.2) is 58.3 Å². The standard InChI is InChI=1S/C17H20O2S/c1-12-8-10-15(11-9-12)20(19)17-7-5-4-6-16(17)13(2)14(3)18/h4-11,13-14,18H,1-3H3/t13-,14-,20+/m1/s1. The molecule has 0 bridgehead atoms. The Morgan fingerprint density at radius 3 is 2.20 bits per heavy atom. The fourth-order valence-corrected chi connectivity index (χ4v) is 3.38. The zero-order valence-electron chi connectivity index (χ0n) is 12.0. The van der Waals surface area contributed by atoms with Gasteiger partial charge in [0, 0.05) is 15.7 Å². The lowest BCUT2D eigenvalue weighted by molar-refractivity contribution is 0.168. The second-order valence-electron chi connectivity index (χ2n) is 5.15. The Hall–Kier alpha value is -1.45. The van der Waals surface area contributed by atoms with Gasteiger partial charge in [-0.25, -0.2) is 4.21 Å². The number of rotatable bonds is 4. The molecule has 0 amide bonds. The molecule has 0 aliphatic carbocycles. The SMILES string of the molecule is Cc1ccc([S@](=O)c2ccccc2[C@H](C)[C@@H](C)O)cc1. The quantitative estimate of drug-likeness (QED) is 0.932. The van der Waals surface area contributed by atoms with E-state index in [1.54, 1.807) is 6.92 Å². The number of hydrogen-bond acceptors (Lipinski definition) is 2. The summed E-state index contributed by atoms with van der Waals surface area (Å²) in [5.74, 6) is -0.0411. The van der Waals surface area contributed by atoms with Gasteiger partial charge in [-0.2, -0.15) is 0 Å². The number of aliphatic hydroxyl groups excluding tert-OH is 1. The average Bonchev–Trinajstić information content (AvgIpc) is 2.46. The van der Waals surface area contributed by atoms with Crippen molar-refractivity contribution < 1.29 is 9.32 Å². The fraction of sp³-hybridized carbons (Fsp3) is 0.294. The lowest BCUT2D eigenvalue weighted by Gasteiger charge is -2.18. The zero-order valence-corrected chi connectivity index (χ0v) is 12.9. The summed E-state index contributed by atoms with van der Waals surface area (Å²) in [6.45, 7) is 5.72. The van der Waals surface area contributed by atoms with Crippen LogP contribution in [0.3, 0.4) is 0 Å². The van der Waals surface area contributed by atoms with E-state index >= 15 is 0 Å². The first-order valence-electron chi connectivity index (χ1n) is 6.76. The second-order valence-corrected chi connectivity index (χ2v) is 6.60. The van der Waals surface area contributed by atoms with Crippen LogP contribution >= 0.6 is 0 Å². The van der Waals surface area contributed by atoms with Gasteiger partial charge >= 0.3 is 0 Å². The molecule has 0 fully saturated rings. The highest BCUT2D eigenvalue weighted by Gasteiger charge is 2.19. The van der Waals surface area contributed by atoms with Crippen molar-refractivity contribution in [2.24, 2.45) is 0 Å². The van der Waals surface area contributed by atoms with Crippen molar-refractivity contribution >= 4 is 10.8 Å². The van der Waals surface area contributed by atoms with Gasteiger partial charge in [-0.1, -0.05) is 42.8 Å². The minimum absolute atomic E-state index is 0.0411. The van der Waals surface area contributed by atoms with Crippen molar-refractivity contribution in [3.63, 3.8) is 0 Å². The Morgan fingerprint density at radius 2 is 1.60 bits per heavy atom. The van der Waals surface area contributed by atoms with Crippen LogP contribution in [0.4, 0.5) is 0 Å². The van der Waals surface area contributed by atoms with Crippen LogP contribution in [0.25, 0.3) is 0 Å². The van der Waals surface area contributed by atoms with Gasteiger partial charge in [0.15, 0.2) is 0 Å². The van der Waals surface area contributed by atoms with E-state index < -0.39 is 16.9 Å². The van der Waals surface area contributed by atoms with Gasteiger partial charge < -0.3 is 5.11 Å². The summed E-state index contributed by atoms with van der Waals surface area (Å²) in [5, 5.41) is 9.79. The molecule has 2 nitrogen and oxygen atoms in total. The third-order valence-electron chi connectivity index (χ3n) is 3.57. The zero-order chi connectivity index (χ0) is 14.7. The van der Waals surface area contributed by atoms with Gasteiger partial charge in [-0.05, 0) is 37.6 Å². The number of benzene rings is 2. The molecule has 2 aromatic rings. The lowest BCUT2D eigenvalue weighted by atomic mass is 9.96. The number of aryl methyl sites for hydroxylation is 1. The van der Waals surface area contributed by atoms with E-state index in [0.29, 0.717) is 0 Å². The molecule has 0 saturated carbocycles. The molecular formula is C17H20O2S. The van der Waals surface area contributed by atoms with Crippen molar-refractivity contribution in [2.75, 3.05) is 0 Å². The summed E-state index contributed by atoms with van der Waals surface area (Å²) in [4.78, 5) is 1.57. The molecule has 0 heterocycles. The maximum Gasteiger partial charge on any atom is 0.0852 e. The van der Waals surface area contributed by atoms with Crippen LogP contribution in [0.5, 0.6) is 0 Å². The van der Waals surface area contributed by atoms with Crippen LogP contribution < -0.4 is 0 Å². The minimum Gasteiger partial charge on any atom is -0.393 e. The van der Waals surface area contributed by atoms with Gasteiger partial charge in [-0.3, -0.25) is 0 Å². The van der Waals surface area contributed by atoms with Crippen LogP contribution in [0, 0.1) is 6.92 Å². The average molecular weight is 288 g/mol. The molecule has 2 rings (SSSR count). The summed E-state index contributed by atoms with van der Waals surface area (Å²) < 4.78 is 12.7. The Morgan fingerprint density at radius 1 is 1.00 bits per heavy atom. The lowest BCUT2D eigenvalue weighted by Crippen LogP contribution is -2.13. The Balaban J connectivity index is 2.42. The molecule has 0 aliphatic heterocycles. The van der Waals surface area contributed by atoms with Crippen molar-refractivity contribution in [1.82, 2.24) is 0 Å². The summed E-state index contributed by atoms with van der Waals surface area (Å²) in [6.07, 6.45) is -0.467. The van der Waals surface area contributed by atoms with E-state index in [0.717, 1.165) is 20.9 Å². The molecule has 0 saturated heterocycles. The molecule has 2 aromatic carbocycles. The molecule has 0 aliphatic rings. The third kappa shape index (κ3) is 3.17. The highest BCUT2D eigenvalue weighted by Crippen LogP contribution is 2.28. The minimum atomic E-state index is -1.21. The highest BCUT2D eigenvalue weighted by molar-refractivity contribution is 7.85. The number of hydrogen-bond donors (Lipinski definition) is 1. The molecule has 0 spiro atoms.